The summed E-state index contributed by atoms with van der Waals surface area (Å²) in [7, 11) is 0. The second-order valence-electron chi connectivity index (χ2n) is 12.2. The van der Waals surface area contributed by atoms with Crippen molar-refractivity contribution in [2.75, 3.05) is 0 Å². The van der Waals surface area contributed by atoms with Gasteiger partial charge in [-0.2, -0.15) is 0 Å². The number of aryl methyl sites for hydroxylation is 1. The van der Waals surface area contributed by atoms with Crippen LogP contribution >= 0.6 is 0 Å². The largest absolute Gasteiger partial charge is 0.382 e. The zero-order chi connectivity index (χ0) is 29.5. The average molecular weight is 539 g/mol. The van der Waals surface area contributed by atoms with Crippen LogP contribution in [0.1, 0.15) is 150 Å². The molecule has 2 aromatic rings. The fourth-order valence-corrected chi connectivity index (χ4v) is 4.37. The van der Waals surface area contributed by atoms with E-state index in [0.29, 0.717) is 17.0 Å². The number of ketones is 2. The first-order chi connectivity index (χ1) is 18.3. The molecule has 2 aromatic carbocycles. The lowest BCUT2D eigenvalue weighted by Gasteiger charge is -2.15. The molecule has 0 saturated heterocycles. The van der Waals surface area contributed by atoms with Gasteiger partial charge in [-0.3, -0.25) is 9.59 Å². The minimum atomic E-state index is -1.29. The van der Waals surface area contributed by atoms with Crippen molar-refractivity contribution in [3.8, 4) is 0 Å². The molecule has 39 heavy (non-hydrogen) atoms. The number of hydrogen-bond donors (Lipinski definition) is 2. The van der Waals surface area contributed by atoms with Gasteiger partial charge in [0.25, 0.3) is 0 Å². The van der Waals surface area contributed by atoms with Gasteiger partial charge in [-0.05, 0) is 57.6 Å². The average Bonchev–Trinajstić information content (AvgIpc) is 2.88. The maximum absolute atomic E-state index is 12.0. The number of Topliss-reactive ketones (excluding diaryl/α,β-unsaturated/α-hetero) is 2. The van der Waals surface area contributed by atoms with Gasteiger partial charge in [0.05, 0.1) is 0 Å². The Morgan fingerprint density at radius 1 is 0.615 bits per heavy atom. The quantitative estimate of drug-likeness (QED) is 0.165. The monoisotopic (exact) mass is 538 g/mol. The Kier molecular flexibility index (Phi) is 15.5. The molecule has 0 aliphatic heterocycles. The van der Waals surface area contributed by atoms with Crippen molar-refractivity contribution in [2.24, 2.45) is 0 Å². The van der Waals surface area contributed by atoms with Crippen LogP contribution < -0.4 is 0 Å². The molecule has 218 valence electrons. The van der Waals surface area contributed by atoms with Crippen LogP contribution in [-0.2, 0) is 6.42 Å². The van der Waals surface area contributed by atoms with Crippen molar-refractivity contribution >= 4 is 11.6 Å². The SMILES string of the molecule is CC(C)c1ccc(C(=O)C(C)(C)O)cc1.CCCCCCCCCCCCc1ccc(C(=O)C(C)(C)O)cc1. The van der Waals surface area contributed by atoms with E-state index >= 15 is 0 Å². The molecule has 0 aliphatic rings. The molecule has 0 aliphatic carbocycles. The third kappa shape index (κ3) is 14.1. The minimum absolute atomic E-state index is 0.215. The van der Waals surface area contributed by atoms with Crippen LogP contribution in [0.4, 0.5) is 0 Å². The third-order valence-electron chi connectivity index (χ3n) is 6.99. The molecule has 2 rings (SSSR count). The molecule has 0 bridgehead atoms. The third-order valence-corrected chi connectivity index (χ3v) is 6.99. The zero-order valence-electron chi connectivity index (χ0n) is 25.7. The molecule has 4 heteroatoms. The standard InChI is InChI=1S/C22H36O2.C13H18O2/c1-4-5-6-7-8-9-10-11-12-13-14-19-15-17-20(18-16-19)21(23)22(2,3)24;1-9(2)10-5-7-11(8-6-10)12(14)13(3,4)15/h15-18,24H,4-14H2,1-3H3;5-9,15H,1-4H3. The van der Waals surface area contributed by atoms with Crippen molar-refractivity contribution in [1.29, 1.82) is 0 Å². The van der Waals surface area contributed by atoms with Crippen LogP contribution in [0.2, 0.25) is 0 Å². The topological polar surface area (TPSA) is 74.6 Å². The smallest absolute Gasteiger partial charge is 0.193 e. The summed E-state index contributed by atoms with van der Waals surface area (Å²) < 4.78 is 0. The Bertz CT molecular complexity index is 958. The first kappa shape index (κ1) is 34.7. The van der Waals surface area contributed by atoms with E-state index in [4.69, 9.17) is 0 Å². The molecule has 0 unspecified atom stereocenters. The molecular weight excluding hydrogens is 484 g/mol. The summed E-state index contributed by atoms with van der Waals surface area (Å²) in [6, 6.07) is 15.1. The summed E-state index contributed by atoms with van der Waals surface area (Å²) in [4.78, 5) is 23.7. The summed E-state index contributed by atoms with van der Waals surface area (Å²) in [5.74, 6) is 0.00193. The van der Waals surface area contributed by atoms with E-state index in [1.807, 2.05) is 36.4 Å². The van der Waals surface area contributed by atoms with Gasteiger partial charge >= 0.3 is 0 Å². The van der Waals surface area contributed by atoms with E-state index in [2.05, 4.69) is 20.8 Å². The van der Waals surface area contributed by atoms with E-state index < -0.39 is 11.2 Å². The minimum Gasteiger partial charge on any atom is -0.382 e. The predicted octanol–water partition coefficient (Wildman–Crippen LogP) is 8.87. The molecule has 4 nitrogen and oxygen atoms in total. The summed E-state index contributed by atoms with van der Waals surface area (Å²) in [5.41, 5.74) is 1.04. The van der Waals surface area contributed by atoms with Crippen molar-refractivity contribution in [3.63, 3.8) is 0 Å². The normalized spacial score (nSPS) is 11.7. The second-order valence-corrected chi connectivity index (χ2v) is 12.2. The molecule has 0 amide bonds. The van der Waals surface area contributed by atoms with Gasteiger partial charge in [-0.15, -0.1) is 0 Å². The number of aliphatic hydroxyl groups is 2. The van der Waals surface area contributed by atoms with Gasteiger partial charge in [0.1, 0.15) is 11.2 Å². The molecule has 0 radical (unpaired) electrons. The summed E-state index contributed by atoms with van der Waals surface area (Å²) >= 11 is 0. The summed E-state index contributed by atoms with van der Waals surface area (Å²) in [6.07, 6.45) is 14.6. The first-order valence-corrected chi connectivity index (χ1v) is 15.0. The van der Waals surface area contributed by atoms with E-state index in [0.717, 1.165) is 6.42 Å². The Morgan fingerprint density at radius 2 is 0.974 bits per heavy atom. The summed E-state index contributed by atoms with van der Waals surface area (Å²) in [5, 5.41) is 19.3. The van der Waals surface area contributed by atoms with Gasteiger partial charge in [0.2, 0.25) is 0 Å². The van der Waals surface area contributed by atoms with Crippen LogP contribution in [0.5, 0.6) is 0 Å². The Morgan fingerprint density at radius 3 is 1.33 bits per heavy atom. The van der Waals surface area contributed by atoms with Crippen molar-refractivity contribution in [2.45, 2.75) is 136 Å². The van der Waals surface area contributed by atoms with E-state index in [-0.39, 0.29) is 11.6 Å². The molecule has 0 saturated carbocycles. The predicted molar refractivity (Wildman–Crippen MR) is 164 cm³/mol. The number of rotatable bonds is 16. The summed E-state index contributed by atoms with van der Waals surface area (Å²) in [6.45, 7) is 12.6. The van der Waals surface area contributed by atoms with Gasteiger partial charge < -0.3 is 10.2 Å². The van der Waals surface area contributed by atoms with Gasteiger partial charge in [0, 0.05) is 11.1 Å². The molecule has 0 heterocycles. The number of carbonyl (C=O) groups excluding carboxylic acids is 2. The highest BCUT2D eigenvalue weighted by Crippen LogP contribution is 2.18. The number of carbonyl (C=O) groups is 2. The van der Waals surface area contributed by atoms with Gasteiger partial charge in [-0.25, -0.2) is 0 Å². The second kappa shape index (κ2) is 17.4. The Balaban J connectivity index is 0.000000434. The van der Waals surface area contributed by atoms with Gasteiger partial charge in [-0.1, -0.05) is 127 Å². The molecule has 0 atom stereocenters. The lowest BCUT2D eigenvalue weighted by molar-refractivity contribution is 0.0487. The fourth-order valence-electron chi connectivity index (χ4n) is 4.37. The lowest BCUT2D eigenvalue weighted by atomic mass is 9.94. The fraction of sp³-hybridized carbons (Fsp3) is 0.600. The van der Waals surface area contributed by atoms with Gasteiger partial charge in [0.15, 0.2) is 11.6 Å². The highest BCUT2D eigenvalue weighted by atomic mass is 16.3. The number of benzene rings is 2. The van der Waals surface area contributed by atoms with E-state index in [1.54, 1.807) is 12.1 Å². The van der Waals surface area contributed by atoms with E-state index in [1.165, 1.54) is 103 Å². The highest BCUT2D eigenvalue weighted by Gasteiger charge is 2.25. The number of hydrogen-bond acceptors (Lipinski definition) is 4. The van der Waals surface area contributed by atoms with Crippen LogP contribution in [-0.4, -0.2) is 33.0 Å². The molecule has 0 fully saturated rings. The molecular formula is C35H54O4. The van der Waals surface area contributed by atoms with Crippen LogP contribution in [0.15, 0.2) is 48.5 Å². The van der Waals surface area contributed by atoms with Crippen LogP contribution in [0, 0.1) is 0 Å². The Labute approximate surface area is 238 Å². The van der Waals surface area contributed by atoms with Crippen molar-refractivity contribution in [3.05, 3.63) is 70.8 Å². The Hall–Kier alpha value is -2.30. The molecule has 0 aromatic heterocycles. The van der Waals surface area contributed by atoms with E-state index in [9.17, 15) is 19.8 Å². The van der Waals surface area contributed by atoms with Crippen molar-refractivity contribution < 1.29 is 19.8 Å². The molecule has 2 N–H and O–H groups in total. The molecule has 0 spiro atoms. The lowest BCUT2D eigenvalue weighted by Crippen LogP contribution is -2.31. The van der Waals surface area contributed by atoms with Crippen LogP contribution in [0.3, 0.4) is 0 Å². The van der Waals surface area contributed by atoms with Crippen LogP contribution in [0.25, 0.3) is 0 Å². The maximum atomic E-state index is 12.0. The highest BCUT2D eigenvalue weighted by molar-refractivity contribution is 6.02. The van der Waals surface area contributed by atoms with Crippen molar-refractivity contribution in [1.82, 2.24) is 0 Å². The number of unbranched alkanes of at least 4 members (excludes halogenated alkanes) is 9. The first-order valence-electron chi connectivity index (χ1n) is 15.0. The zero-order valence-corrected chi connectivity index (χ0v) is 25.7. The maximum Gasteiger partial charge on any atom is 0.193 e.